The van der Waals surface area contributed by atoms with E-state index in [1.165, 1.54) is 45.6 Å². The zero-order chi connectivity index (χ0) is 12.7. The number of fused-ring (bicyclic) bond motifs is 1. The van der Waals surface area contributed by atoms with E-state index in [2.05, 4.69) is 35.9 Å². The summed E-state index contributed by atoms with van der Waals surface area (Å²) in [6, 6.07) is 2.40. The van der Waals surface area contributed by atoms with Crippen molar-refractivity contribution < 1.29 is 0 Å². The molecule has 3 rings (SSSR count). The van der Waals surface area contributed by atoms with Crippen molar-refractivity contribution in [3.8, 4) is 0 Å². The van der Waals surface area contributed by atoms with Crippen LogP contribution in [0.2, 0.25) is 0 Å². The third kappa shape index (κ3) is 2.21. The van der Waals surface area contributed by atoms with Gasteiger partial charge >= 0.3 is 0 Å². The second kappa shape index (κ2) is 5.10. The van der Waals surface area contributed by atoms with Crippen LogP contribution in [0.1, 0.15) is 33.6 Å². The summed E-state index contributed by atoms with van der Waals surface area (Å²) in [6.45, 7) is 13.6. The highest BCUT2D eigenvalue weighted by atomic mass is 15.3. The molecule has 0 aliphatic carbocycles. The van der Waals surface area contributed by atoms with Crippen LogP contribution in [0.3, 0.4) is 0 Å². The lowest BCUT2D eigenvalue weighted by atomic mass is 9.95. The lowest BCUT2D eigenvalue weighted by Gasteiger charge is -2.40. The molecule has 0 spiro atoms. The van der Waals surface area contributed by atoms with Crippen LogP contribution < -0.4 is 5.32 Å². The summed E-state index contributed by atoms with van der Waals surface area (Å²) in [5, 5.41) is 3.57. The summed E-state index contributed by atoms with van der Waals surface area (Å²) in [7, 11) is 0. The average molecular weight is 251 g/mol. The average Bonchev–Trinajstić information content (AvgIpc) is 2.93. The van der Waals surface area contributed by atoms with Crippen LogP contribution in [0.15, 0.2) is 0 Å². The molecule has 3 heterocycles. The molecule has 0 aromatic rings. The Labute approximate surface area is 112 Å². The molecule has 0 saturated carbocycles. The predicted molar refractivity (Wildman–Crippen MR) is 75.7 cm³/mol. The maximum absolute atomic E-state index is 3.57. The topological polar surface area (TPSA) is 18.5 Å². The number of nitrogens with one attached hydrogen (secondary N) is 1. The zero-order valence-corrected chi connectivity index (χ0v) is 12.2. The van der Waals surface area contributed by atoms with Crippen LogP contribution in [-0.4, -0.2) is 60.6 Å². The number of piperidine rings is 1. The van der Waals surface area contributed by atoms with Crippen LogP contribution in [0.4, 0.5) is 0 Å². The quantitative estimate of drug-likeness (QED) is 0.800. The Bertz CT molecular complexity index is 283. The molecule has 0 aromatic heterocycles. The maximum atomic E-state index is 3.57. The zero-order valence-electron chi connectivity index (χ0n) is 12.2. The van der Waals surface area contributed by atoms with Crippen LogP contribution in [0.5, 0.6) is 0 Å². The Kier molecular flexibility index (Phi) is 3.65. The Morgan fingerprint density at radius 2 is 1.83 bits per heavy atom. The van der Waals surface area contributed by atoms with Gasteiger partial charge in [-0.3, -0.25) is 4.90 Å². The highest BCUT2D eigenvalue weighted by molar-refractivity contribution is 4.99. The lowest BCUT2D eigenvalue weighted by Crippen LogP contribution is -2.49. The fraction of sp³-hybridized carbons (Fsp3) is 1.00. The monoisotopic (exact) mass is 251 g/mol. The molecule has 3 unspecified atom stereocenters. The van der Waals surface area contributed by atoms with Crippen molar-refractivity contribution in [2.45, 2.75) is 51.7 Å². The van der Waals surface area contributed by atoms with Crippen molar-refractivity contribution in [3.63, 3.8) is 0 Å². The van der Waals surface area contributed by atoms with Gasteiger partial charge in [0.1, 0.15) is 0 Å². The van der Waals surface area contributed by atoms with Gasteiger partial charge in [0.15, 0.2) is 0 Å². The van der Waals surface area contributed by atoms with Crippen molar-refractivity contribution in [1.29, 1.82) is 0 Å². The van der Waals surface area contributed by atoms with Gasteiger partial charge in [-0.15, -0.1) is 0 Å². The van der Waals surface area contributed by atoms with Crippen molar-refractivity contribution in [2.24, 2.45) is 11.8 Å². The fourth-order valence-electron chi connectivity index (χ4n) is 4.42. The van der Waals surface area contributed by atoms with E-state index >= 15 is 0 Å². The molecule has 0 radical (unpaired) electrons. The molecule has 104 valence electrons. The number of nitrogens with zero attached hydrogens (tertiary/aromatic N) is 2. The van der Waals surface area contributed by atoms with Crippen molar-refractivity contribution in [3.05, 3.63) is 0 Å². The number of rotatable bonds is 2. The minimum absolute atomic E-state index is 0.727. The Balaban J connectivity index is 1.57. The van der Waals surface area contributed by atoms with Gasteiger partial charge in [0.2, 0.25) is 0 Å². The van der Waals surface area contributed by atoms with Crippen LogP contribution in [0, 0.1) is 11.8 Å². The highest BCUT2D eigenvalue weighted by Crippen LogP contribution is 2.35. The standard InChI is InChI=1S/C15H29N3/c1-11(2)17-6-4-14(5-7-17)18-10-13-8-16-9-15(13)12(18)3/h11-16H,4-10H2,1-3H3. The minimum atomic E-state index is 0.727. The van der Waals surface area contributed by atoms with Crippen LogP contribution in [-0.2, 0) is 0 Å². The van der Waals surface area contributed by atoms with E-state index in [0.29, 0.717) is 0 Å². The van der Waals surface area contributed by atoms with Gasteiger partial charge in [0.25, 0.3) is 0 Å². The van der Waals surface area contributed by atoms with Gasteiger partial charge in [0.05, 0.1) is 0 Å². The minimum Gasteiger partial charge on any atom is -0.316 e. The summed E-state index contributed by atoms with van der Waals surface area (Å²) in [4.78, 5) is 5.48. The van der Waals surface area contributed by atoms with E-state index in [4.69, 9.17) is 0 Å². The van der Waals surface area contributed by atoms with Gasteiger partial charge in [0, 0.05) is 24.7 Å². The van der Waals surface area contributed by atoms with Gasteiger partial charge in [-0.2, -0.15) is 0 Å². The van der Waals surface area contributed by atoms with E-state index in [1.807, 2.05) is 0 Å². The molecule has 3 aliphatic heterocycles. The summed E-state index contributed by atoms with van der Waals surface area (Å²) in [5.41, 5.74) is 0. The molecular formula is C15H29N3. The summed E-state index contributed by atoms with van der Waals surface area (Å²) >= 11 is 0. The van der Waals surface area contributed by atoms with Crippen molar-refractivity contribution >= 4 is 0 Å². The largest absolute Gasteiger partial charge is 0.316 e. The predicted octanol–water partition coefficient (Wildman–Crippen LogP) is 1.40. The molecule has 3 nitrogen and oxygen atoms in total. The maximum Gasteiger partial charge on any atom is 0.0123 e. The molecule has 0 aromatic carbocycles. The van der Waals surface area contributed by atoms with Crippen LogP contribution in [0.25, 0.3) is 0 Å². The highest BCUT2D eigenvalue weighted by Gasteiger charge is 2.44. The molecular weight excluding hydrogens is 222 g/mol. The number of likely N-dealkylation sites (tertiary alicyclic amines) is 2. The molecule has 3 fully saturated rings. The van der Waals surface area contributed by atoms with Gasteiger partial charge in [-0.05, 0) is 71.6 Å². The first-order valence-electron chi connectivity index (χ1n) is 7.87. The third-order valence-electron chi connectivity index (χ3n) is 5.68. The number of hydrogen-bond acceptors (Lipinski definition) is 3. The Hall–Kier alpha value is -0.120. The first-order chi connectivity index (χ1) is 8.66. The summed E-state index contributed by atoms with van der Waals surface area (Å²) in [5.74, 6) is 1.86. The molecule has 1 N–H and O–H groups in total. The first-order valence-corrected chi connectivity index (χ1v) is 7.87. The van der Waals surface area contributed by atoms with Crippen molar-refractivity contribution in [1.82, 2.24) is 15.1 Å². The van der Waals surface area contributed by atoms with Crippen LogP contribution >= 0.6 is 0 Å². The van der Waals surface area contributed by atoms with Gasteiger partial charge in [-0.1, -0.05) is 0 Å². The normalized spacial score (nSPS) is 39.7. The molecule has 3 saturated heterocycles. The van der Waals surface area contributed by atoms with Crippen molar-refractivity contribution in [2.75, 3.05) is 32.7 Å². The fourth-order valence-corrected chi connectivity index (χ4v) is 4.42. The molecule has 3 aliphatic rings. The molecule has 3 heteroatoms. The van der Waals surface area contributed by atoms with E-state index in [9.17, 15) is 0 Å². The molecule has 0 amide bonds. The van der Waals surface area contributed by atoms with E-state index < -0.39 is 0 Å². The van der Waals surface area contributed by atoms with E-state index in [0.717, 1.165) is 30.0 Å². The molecule has 0 bridgehead atoms. The molecule has 18 heavy (non-hydrogen) atoms. The first kappa shape index (κ1) is 12.9. The summed E-state index contributed by atoms with van der Waals surface area (Å²) < 4.78 is 0. The lowest BCUT2D eigenvalue weighted by molar-refractivity contribution is 0.0812. The second-order valence-corrected chi connectivity index (χ2v) is 6.88. The smallest absolute Gasteiger partial charge is 0.0123 e. The summed E-state index contributed by atoms with van der Waals surface area (Å²) in [6.07, 6.45) is 2.77. The second-order valence-electron chi connectivity index (χ2n) is 6.88. The Morgan fingerprint density at radius 1 is 1.11 bits per heavy atom. The van der Waals surface area contributed by atoms with E-state index in [-0.39, 0.29) is 0 Å². The SMILES string of the molecule is CC(C)N1CCC(N2CC3CNCC3C2C)CC1. The third-order valence-corrected chi connectivity index (χ3v) is 5.68. The van der Waals surface area contributed by atoms with E-state index in [1.54, 1.807) is 0 Å². The number of hydrogen-bond donors (Lipinski definition) is 1. The van der Waals surface area contributed by atoms with Gasteiger partial charge < -0.3 is 10.2 Å². The Morgan fingerprint density at radius 3 is 2.44 bits per heavy atom. The molecule has 3 atom stereocenters. The van der Waals surface area contributed by atoms with Gasteiger partial charge in [-0.25, -0.2) is 0 Å².